The Kier molecular flexibility index (Phi) is 5.49. The highest BCUT2D eigenvalue weighted by atomic mass is 35.5. The van der Waals surface area contributed by atoms with Crippen molar-refractivity contribution in [3.05, 3.63) is 6.33 Å². The van der Waals surface area contributed by atoms with Crippen molar-refractivity contribution in [2.75, 3.05) is 6.54 Å². The van der Waals surface area contributed by atoms with E-state index < -0.39 is 0 Å². The number of nitrogens with zero attached hydrogens (tertiary/aromatic N) is 4. The number of tetrazole rings is 1. The lowest BCUT2D eigenvalue weighted by molar-refractivity contribution is -0.123. The molecule has 1 aromatic rings. The van der Waals surface area contributed by atoms with E-state index in [0.717, 1.165) is 13.0 Å². The SMILES string of the molecule is CC1CCNC(C)C1NC(=O)Cn1cnnn1.Cl. The van der Waals surface area contributed by atoms with Gasteiger partial charge in [-0.3, -0.25) is 4.79 Å². The molecule has 2 rings (SSSR count). The lowest BCUT2D eigenvalue weighted by Crippen LogP contribution is -2.56. The standard InChI is InChI=1S/C10H18N6O.ClH/c1-7-3-4-11-8(2)10(7)13-9(17)5-16-6-12-14-15-16;/h6-8,10-11H,3-5H2,1-2H3,(H,13,17);1H. The summed E-state index contributed by atoms with van der Waals surface area (Å²) in [4.78, 5) is 11.8. The molecule has 1 amide bonds. The number of carbonyl (C=O) groups is 1. The van der Waals surface area contributed by atoms with Crippen LogP contribution < -0.4 is 10.6 Å². The van der Waals surface area contributed by atoms with E-state index in [0.29, 0.717) is 12.0 Å². The van der Waals surface area contributed by atoms with Crippen LogP contribution in [0.1, 0.15) is 20.3 Å². The molecule has 0 spiro atoms. The number of nitrogens with one attached hydrogen (secondary N) is 2. The second-order valence-corrected chi connectivity index (χ2v) is 4.61. The van der Waals surface area contributed by atoms with Gasteiger partial charge in [0.25, 0.3) is 0 Å². The summed E-state index contributed by atoms with van der Waals surface area (Å²) in [6, 6.07) is 0.476. The fourth-order valence-electron chi connectivity index (χ4n) is 2.24. The molecule has 1 fully saturated rings. The van der Waals surface area contributed by atoms with Crippen LogP contribution >= 0.6 is 12.4 Å². The van der Waals surface area contributed by atoms with E-state index in [-0.39, 0.29) is 30.9 Å². The first kappa shape index (κ1) is 14.8. The van der Waals surface area contributed by atoms with Gasteiger partial charge in [0.15, 0.2) is 0 Å². The first-order valence-corrected chi connectivity index (χ1v) is 5.90. The van der Waals surface area contributed by atoms with Crippen LogP contribution in [0.15, 0.2) is 6.33 Å². The third-order valence-corrected chi connectivity index (χ3v) is 3.24. The largest absolute Gasteiger partial charge is 0.350 e. The van der Waals surface area contributed by atoms with Gasteiger partial charge in [-0.15, -0.1) is 17.5 Å². The summed E-state index contributed by atoms with van der Waals surface area (Å²) in [5.74, 6) is 0.439. The zero-order chi connectivity index (χ0) is 12.3. The molecule has 18 heavy (non-hydrogen) atoms. The van der Waals surface area contributed by atoms with Gasteiger partial charge in [0.2, 0.25) is 5.91 Å². The number of carbonyl (C=O) groups excluding carboxylic acids is 1. The summed E-state index contributed by atoms with van der Waals surface area (Å²) in [6.45, 7) is 5.45. The molecule has 1 saturated heterocycles. The van der Waals surface area contributed by atoms with Crippen LogP contribution in [-0.2, 0) is 11.3 Å². The van der Waals surface area contributed by atoms with Crippen molar-refractivity contribution >= 4 is 18.3 Å². The topological polar surface area (TPSA) is 84.7 Å². The summed E-state index contributed by atoms with van der Waals surface area (Å²) in [7, 11) is 0. The molecule has 1 aliphatic rings. The number of amides is 1. The minimum Gasteiger partial charge on any atom is -0.350 e. The van der Waals surface area contributed by atoms with Crippen molar-refractivity contribution < 1.29 is 4.79 Å². The molecule has 0 bridgehead atoms. The lowest BCUT2D eigenvalue weighted by Gasteiger charge is -2.35. The molecule has 3 unspecified atom stereocenters. The maximum Gasteiger partial charge on any atom is 0.242 e. The first-order chi connectivity index (χ1) is 8.16. The number of aromatic nitrogens is 4. The molecule has 0 aromatic carbocycles. The predicted molar refractivity (Wildman–Crippen MR) is 68.2 cm³/mol. The number of rotatable bonds is 3. The minimum absolute atomic E-state index is 0. The zero-order valence-electron chi connectivity index (χ0n) is 10.5. The number of halogens is 1. The van der Waals surface area contributed by atoms with Crippen molar-refractivity contribution in [1.82, 2.24) is 30.8 Å². The molecule has 102 valence electrons. The Morgan fingerprint density at radius 2 is 2.33 bits per heavy atom. The molecule has 2 heterocycles. The molecule has 0 aliphatic carbocycles. The van der Waals surface area contributed by atoms with Gasteiger partial charge < -0.3 is 10.6 Å². The van der Waals surface area contributed by atoms with Gasteiger partial charge in [-0.1, -0.05) is 6.92 Å². The lowest BCUT2D eigenvalue weighted by atomic mass is 9.89. The molecule has 8 heteroatoms. The van der Waals surface area contributed by atoms with Crippen molar-refractivity contribution in [2.24, 2.45) is 5.92 Å². The molecular weight excluding hydrogens is 256 g/mol. The molecule has 7 nitrogen and oxygen atoms in total. The summed E-state index contributed by atoms with van der Waals surface area (Å²) in [5, 5.41) is 17.1. The van der Waals surface area contributed by atoms with E-state index in [9.17, 15) is 4.79 Å². The number of hydrogen-bond acceptors (Lipinski definition) is 5. The van der Waals surface area contributed by atoms with Crippen molar-refractivity contribution in [3.8, 4) is 0 Å². The quantitative estimate of drug-likeness (QED) is 0.783. The molecule has 1 aromatic heterocycles. The van der Waals surface area contributed by atoms with Crippen LogP contribution in [0.5, 0.6) is 0 Å². The maximum atomic E-state index is 11.8. The van der Waals surface area contributed by atoms with E-state index in [1.54, 1.807) is 0 Å². The monoisotopic (exact) mass is 274 g/mol. The Balaban J connectivity index is 0.00000162. The molecule has 0 saturated carbocycles. The minimum atomic E-state index is -0.0512. The second-order valence-electron chi connectivity index (χ2n) is 4.61. The van der Waals surface area contributed by atoms with E-state index in [4.69, 9.17) is 0 Å². The Morgan fingerprint density at radius 1 is 1.56 bits per heavy atom. The summed E-state index contributed by atoms with van der Waals surface area (Å²) in [5.41, 5.74) is 0. The Bertz CT molecular complexity index is 360. The van der Waals surface area contributed by atoms with Crippen LogP contribution in [-0.4, -0.2) is 44.7 Å². The average molecular weight is 275 g/mol. The highest BCUT2D eigenvalue weighted by molar-refractivity contribution is 5.85. The van der Waals surface area contributed by atoms with Crippen LogP contribution in [0.3, 0.4) is 0 Å². The molecule has 3 atom stereocenters. The van der Waals surface area contributed by atoms with Gasteiger partial charge >= 0.3 is 0 Å². The molecule has 1 aliphatic heterocycles. The van der Waals surface area contributed by atoms with E-state index in [2.05, 4.69) is 40.0 Å². The zero-order valence-corrected chi connectivity index (χ0v) is 11.4. The van der Waals surface area contributed by atoms with Crippen molar-refractivity contribution in [2.45, 2.75) is 38.9 Å². The Hall–Kier alpha value is -1.21. The number of hydrogen-bond donors (Lipinski definition) is 2. The molecule has 0 radical (unpaired) electrons. The fourth-order valence-corrected chi connectivity index (χ4v) is 2.24. The fraction of sp³-hybridized carbons (Fsp3) is 0.800. The van der Waals surface area contributed by atoms with Crippen LogP contribution in [0.25, 0.3) is 0 Å². The summed E-state index contributed by atoms with van der Waals surface area (Å²) >= 11 is 0. The average Bonchev–Trinajstić information content (AvgIpc) is 2.76. The van der Waals surface area contributed by atoms with Gasteiger partial charge in [-0.2, -0.15) is 0 Å². The second kappa shape index (κ2) is 6.65. The van der Waals surface area contributed by atoms with Crippen LogP contribution in [0, 0.1) is 5.92 Å². The first-order valence-electron chi connectivity index (χ1n) is 5.90. The third-order valence-electron chi connectivity index (χ3n) is 3.24. The van der Waals surface area contributed by atoms with E-state index >= 15 is 0 Å². The van der Waals surface area contributed by atoms with E-state index in [1.165, 1.54) is 11.0 Å². The smallest absolute Gasteiger partial charge is 0.242 e. The van der Waals surface area contributed by atoms with Crippen molar-refractivity contribution in [3.63, 3.8) is 0 Å². The van der Waals surface area contributed by atoms with Gasteiger partial charge in [-0.25, -0.2) is 4.68 Å². The summed E-state index contributed by atoms with van der Waals surface area (Å²) in [6.07, 6.45) is 2.52. The highest BCUT2D eigenvalue weighted by Gasteiger charge is 2.28. The molecule has 2 N–H and O–H groups in total. The van der Waals surface area contributed by atoms with Crippen LogP contribution in [0.4, 0.5) is 0 Å². The Labute approximate surface area is 112 Å². The summed E-state index contributed by atoms with van der Waals surface area (Å²) < 4.78 is 1.42. The van der Waals surface area contributed by atoms with Gasteiger partial charge in [0.1, 0.15) is 12.9 Å². The number of piperidine rings is 1. The van der Waals surface area contributed by atoms with Gasteiger partial charge in [-0.05, 0) is 36.2 Å². The van der Waals surface area contributed by atoms with E-state index in [1.807, 2.05) is 0 Å². The molecular formula is C10H19ClN6O. The van der Waals surface area contributed by atoms with Crippen LogP contribution in [0.2, 0.25) is 0 Å². The third kappa shape index (κ3) is 3.64. The maximum absolute atomic E-state index is 11.8. The normalized spacial score (nSPS) is 27.3. The highest BCUT2D eigenvalue weighted by Crippen LogP contribution is 2.15. The van der Waals surface area contributed by atoms with Gasteiger partial charge in [0.05, 0.1) is 0 Å². The van der Waals surface area contributed by atoms with Crippen molar-refractivity contribution in [1.29, 1.82) is 0 Å². The van der Waals surface area contributed by atoms with Gasteiger partial charge in [0, 0.05) is 12.1 Å². The Morgan fingerprint density at radius 3 is 2.94 bits per heavy atom. The predicted octanol–water partition coefficient (Wildman–Crippen LogP) is -0.402.